The normalized spacial score (nSPS) is 15.2. The molecular formula is C20H26N2O2. The molecule has 1 fully saturated rings. The number of carbonyl (C=O) groups is 1. The van der Waals surface area contributed by atoms with Crippen molar-refractivity contribution in [1.29, 1.82) is 0 Å². The molecule has 2 amide bonds. The fourth-order valence-electron chi connectivity index (χ4n) is 3.20. The summed E-state index contributed by atoms with van der Waals surface area (Å²) in [5, 5.41) is 14.5. The van der Waals surface area contributed by atoms with Crippen LogP contribution in [0.25, 0.3) is 10.8 Å². The van der Waals surface area contributed by atoms with Crippen LogP contribution in [0.2, 0.25) is 0 Å². The number of hydrogen-bond acceptors (Lipinski definition) is 2. The third-order valence-corrected chi connectivity index (χ3v) is 4.69. The zero-order valence-corrected chi connectivity index (χ0v) is 14.2. The molecule has 0 aliphatic heterocycles. The maximum atomic E-state index is 12.7. The summed E-state index contributed by atoms with van der Waals surface area (Å²) in [6.45, 7) is 2.95. The van der Waals surface area contributed by atoms with Crippen molar-refractivity contribution in [3.8, 4) is 0 Å². The summed E-state index contributed by atoms with van der Waals surface area (Å²) >= 11 is 0. The van der Waals surface area contributed by atoms with E-state index < -0.39 is 0 Å². The van der Waals surface area contributed by atoms with Crippen LogP contribution in [0, 0.1) is 0 Å². The monoisotopic (exact) mass is 326 g/mol. The molecule has 2 aromatic rings. The molecule has 4 nitrogen and oxygen atoms in total. The van der Waals surface area contributed by atoms with Gasteiger partial charge in [0.2, 0.25) is 0 Å². The third kappa shape index (κ3) is 3.88. The van der Waals surface area contributed by atoms with Gasteiger partial charge in [0, 0.05) is 19.2 Å². The van der Waals surface area contributed by atoms with Gasteiger partial charge in [-0.25, -0.2) is 4.79 Å². The Morgan fingerprint density at radius 3 is 2.71 bits per heavy atom. The Morgan fingerprint density at radius 2 is 1.96 bits per heavy atom. The molecule has 1 unspecified atom stereocenters. The first-order valence-electron chi connectivity index (χ1n) is 8.86. The molecule has 0 radical (unpaired) electrons. The van der Waals surface area contributed by atoms with Gasteiger partial charge in [-0.2, -0.15) is 0 Å². The van der Waals surface area contributed by atoms with Crippen LogP contribution in [0.5, 0.6) is 0 Å². The van der Waals surface area contributed by atoms with E-state index in [1.807, 2.05) is 30.0 Å². The standard InChI is InChI=1S/C20H26N2O2/c1-15(18-10-6-8-16-7-2-3-9-19(16)18)21-20(24)22(17-11-12-17)13-4-5-14-23/h2-3,6-10,15,17,23H,4-5,11-14H2,1H3,(H,21,24). The number of nitrogens with zero attached hydrogens (tertiary/aromatic N) is 1. The van der Waals surface area contributed by atoms with E-state index in [0.717, 1.165) is 37.8 Å². The summed E-state index contributed by atoms with van der Waals surface area (Å²) in [4.78, 5) is 14.6. The molecular weight excluding hydrogens is 300 g/mol. The summed E-state index contributed by atoms with van der Waals surface area (Å²) < 4.78 is 0. The van der Waals surface area contributed by atoms with E-state index in [1.165, 1.54) is 10.8 Å². The number of urea groups is 1. The fraction of sp³-hybridized carbons (Fsp3) is 0.450. The minimum atomic E-state index is -0.0392. The Bertz CT molecular complexity index is 692. The number of aliphatic hydroxyl groups is 1. The highest BCUT2D eigenvalue weighted by molar-refractivity contribution is 5.86. The van der Waals surface area contributed by atoms with Gasteiger partial charge in [0.15, 0.2) is 0 Å². The van der Waals surface area contributed by atoms with Gasteiger partial charge in [-0.3, -0.25) is 0 Å². The number of fused-ring (bicyclic) bond motifs is 1. The van der Waals surface area contributed by atoms with Crippen molar-refractivity contribution in [2.24, 2.45) is 0 Å². The Morgan fingerprint density at radius 1 is 1.21 bits per heavy atom. The molecule has 1 aliphatic rings. The maximum Gasteiger partial charge on any atom is 0.318 e. The average Bonchev–Trinajstić information content (AvgIpc) is 3.43. The molecule has 1 saturated carbocycles. The van der Waals surface area contributed by atoms with Crippen LogP contribution in [-0.4, -0.2) is 35.2 Å². The van der Waals surface area contributed by atoms with Crippen molar-refractivity contribution < 1.29 is 9.90 Å². The number of aliphatic hydroxyl groups excluding tert-OH is 1. The minimum Gasteiger partial charge on any atom is -0.396 e. The van der Waals surface area contributed by atoms with Crippen LogP contribution in [-0.2, 0) is 0 Å². The Hall–Kier alpha value is -2.07. The average molecular weight is 326 g/mol. The number of unbranched alkanes of at least 4 members (excludes halogenated alkanes) is 1. The number of hydrogen-bond donors (Lipinski definition) is 2. The van der Waals surface area contributed by atoms with Crippen molar-refractivity contribution in [2.75, 3.05) is 13.2 Å². The summed E-state index contributed by atoms with van der Waals surface area (Å²) in [6, 6.07) is 14.8. The topological polar surface area (TPSA) is 52.6 Å². The quantitative estimate of drug-likeness (QED) is 0.759. The highest BCUT2D eigenvalue weighted by Gasteiger charge is 2.32. The lowest BCUT2D eigenvalue weighted by molar-refractivity contribution is 0.187. The van der Waals surface area contributed by atoms with Crippen LogP contribution < -0.4 is 5.32 Å². The van der Waals surface area contributed by atoms with Gasteiger partial charge in [0.1, 0.15) is 0 Å². The molecule has 128 valence electrons. The second-order valence-corrected chi connectivity index (χ2v) is 6.59. The van der Waals surface area contributed by atoms with E-state index in [1.54, 1.807) is 0 Å². The number of amides is 2. The number of benzene rings is 2. The van der Waals surface area contributed by atoms with E-state index in [2.05, 4.69) is 29.6 Å². The van der Waals surface area contributed by atoms with Gasteiger partial charge in [0.25, 0.3) is 0 Å². The lowest BCUT2D eigenvalue weighted by Gasteiger charge is -2.26. The van der Waals surface area contributed by atoms with E-state index in [0.29, 0.717) is 6.04 Å². The number of nitrogens with one attached hydrogen (secondary N) is 1. The molecule has 1 aliphatic carbocycles. The molecule has 2 aromatic carbocycles. The number of rotatable bonds is 7. The molecule has 0 bridgehead atoms. The van der Waals surface area contributed by atoms with E-state index in [4.69, 9.17) is 5.11 Å². The second kappa shape index (κ2) is 7.67. The molecule has 0 heterocycles. The van der Waals surface area contributed by atoms with Gasteiger partial charge >= 0.3 is 6.03 Å². The maximum absolute atomic E-state index is 12.7. The van der Waals surface area contributed by atoms with Crippen molar-refractivity contribution in [1.82, 2.24) is 10.2 Å². The Balaban J connectivity index is 1.70. The summed E-state index contributed by atoms with van der Waals surface area (Å²) in [7, 11) is 0. The van der Waals surface area contributed by atoms with Crippen LogP contribution in [0.4, 0.5) is 4.79 Å². The van der Waals surface area contributed by atoms with E-state index in [9.17, 15) is 4.79 Å². The van der Waals surface area contributed by atoms with Gasteiger partial charge in [0.05, 0.1) is 6.04 Å². The van der Waals surface area contributed by atoms with E-state index >= 15 is 0 Å². The molecule has 2 N–H and O–H groups in total. The Labute approximate surface area is 143 Å². The summed E-state index contributed by atoms with van der Waals surface area (Å²) in [5.74, 6) is 0. The second-order valence-electron chi connectivity index (χ2n) is 6.59. The predicted octanol–water partition coefficient (Wildman–Crippen LogP) is 3.85. The van der Waals surface area contributed by atoms with Crippen molar-refractivity contribution >= 4 is 16.8 Å². The lowest BCUT2D eigenvalue weighted by Crippen LogP contribution is -2.43. The van der Waals surface area contributed by atoms with Crippen LogP contribution in [0.1, 0.15) is 44.2 Å². The third-order valence-electron chi connectivity index (χ3n) is 4.69. The molecule has 4 heteroatoms. The highest BCUT2D eigenvalue weighted by atomic mass is 16.3. The molecule has 3 rings (SSSR count). The summed E-state index contributed by atoms with van der Waals surface area (Å²) in [5.41, 5.74) is 1.15. The minimum absolute atomic E-state index is 0.0101. The van der Waals surface area contributed by atoms with Crippen LogP contribution in [0.15, 0.2) is 42.5 Å². The lowest BCUT2D eigenvalue weighted by atomic mass is 10.00. The SMILES string of the molecule is CC(NC(=O)N(CCCCO)C1CC1)c1cccc2ccccc12. The predicted molar refractivity (Wildman–Crippen MR) is 96.9 cm³/mol. The molecule has 0 saturated heterocycles. The van der Waals surface area contributed by atoms with Crippen LogP contribution in [0.3, 0.4) is 0 Å². The first-order chi connectivity index (χ1) is 11.7. The first-order valence-corrected chi connectivity index (χ1v) is 8.86. The van der Waals surface area contributed by atoms with Crippen LogP contribution >= 0.6 is 0 Å². The molecule has 24 heavy (non-hydrogen) atoms. The fourth-order valence-corrected chi connectivity index (χ4v) is 3.20. The molecule has 1 atom stereocenters. The Kier molecular flexibility index (Phi) is 5.36. The highest BCUT2D eigenvalue weighted by Crippen LogP contribution is 2.28. The molecule has 0 aromatic heterocycles. The largest absolute Gasteiger partial charge is 0.396 e. The smallest absolute Gasteiger partial charge is 0.318 e. The zero-order valence-electron chi connectivity index (χ0n) is 14.2. The number of carbonyl (C=O) groups excluding carboxylic acids is 1. The molecule has 0 spiro atoms. The van der Waals surface area contributed by atoms with Crippen molar-refractivity contribution in [3.05, 3.63) is 48.0 Å². The van der Waals surface area contributed by atoms with Crippen molar-refractivity contribution in [3.63, 3.8) is 0 Å². The van der Waals surface area contributed by atoms with Gasteiger partial charge < -0.3 is 15.3 Å². The van der Waals surface area contributed by atoms with Crippen molar-refractivity contribution in [2.45, 2.75) is 44.7 Å². The van der Waals surface area contributed by atoms with Gasteiger partial charge in [-0.1, -0.05) is 42.5 Å². The first kappa shape index (κ1) is 16.8. The van der Waals surface area contributed by atoms with Gasteiger partial charge in [-0.15, -0.1) is 0 Å². The summed E-state index contributed by atoms with van der Waals surface area (Å²) in [6.07, 6.45) is 3.78. The zero-order chi connectivity index (χ0) is 16.9. The van der Waals surface area contributed by atoms with Gasteiger partial charge in [-0.05, 0) is 48.9 Å². The van der Waals surface area contributed by atoms with E-state index in [-0.39, 0.29) is 18.7 Å².